The Kier molecular flexibility index (Phi) is 4.80. The standard InChI is InChI=1S/C27H24N2O/c1-18-13-15-20(16-14-18)26-17-23(22-10-4-5-11-25(22)28-26)27(30)29-24-12-6-8-19-7-2-3-9-21(19)24/h2-5,7,9-11,13-17,24H,6,8,12H2,1H3,(H,29,30). The van der Waals surface area contributed by atoms with Crippen molar-refractivity contribution in [3.63, 3.8) is 0 Å². The Hall–Kier alpha value is -3.46. The van der Waals surface area contributed by atoms with Gasteiger partial charge in [0.05, 0.1) is 22.8 Å². The van der Waals surface area contributed by atoms with E-state index in [1.54, 1.807) is 0 Å². The molecule has 0 radical (unpaired) electrons. The van der Waals surface area contributed by atoms with Crippen molar-refractivity contribution in [3.8, 4) is 11.3 Å². The zero-order chi connectivity index (χ0) is 20.5. The molecule has 0 fully saturated rings. The molecule has 3 heteroatoms. The van der Waals surface area contributed by atoms with Gasteiger partial charge >= 0.3 is 0 Å². The number of hydrogen-bond donors (Lipinski definition) is 1. The van der Waals surface area contributed by atoms with Crippen molar-refractivity contribution in [2.75, 3.05) is 0 Å². The summed E-state index contributed by atoms with van der Waals surface area (Å²) in [6.07, 6.45) is 3.14. The summed E-state index contributed by atoms with van der Waals surface area (Å²) in [7, 11) is 0. The second-order valence-electron chi connectivity index (χ2n) is 8.06. The van der Waals surface area contributed by atoms with E-state index in [9.17, 15) is 4.79 Å². The minimum absolute atomic E-state index is 0.0383. The second kappa shape index (κ2) is 7.75. The first-order valence-corrected chi connectivity index (χ1v) is 10.5. The third-order valence-electron chi connectivity index (χ3n) is 5.98. The first-order chi connectivity index (χ1) is 14.7. The van der Waals surface area contributed by atoms with E-state index in [0.717, 1.165) is 41.4 Å². The van der Waals surface area contributed by atoms with E-state index in [1.807, 2.05) is 30.3 Å². The number of para-hydroxylation sites is 1. The molecule has 0 bridgehead atoms. The summed E-state index contributed by atoms with van der Waals surface area (Å²) in [5, 5.41) is 4.19. The molecule has 0 aliphatic heterocycles. The molecule has 1 amide bonds. The summed E-state index contributed by atoms with van der Waals surface area (Å²) in [6.45, 7) is 2.07. The van der Waals surface area contributed by atoms with Gasteiger partial charge in [-0.25, -0.2) is 4.98 Å². The first-order valence-electron chi connectivity index (χ1n) is 10.5. The predicted molar refractivity (Wildman–Crippen MR) is 122 cm³/mol. The second-order valence-corrected chi connectivity index (χ2v) is 8.06. The Morgan fingerprint density at radius 2 is 1.73 bits per heavy atom. The highest BCUT2D eigenvalue weighted by Gasteiger charge is 2.23. The van der Waals surface area contributed by atoms with Gasteiger partial charge in [0.2, 0.25) is 0 Å². The molecule has 1 atom stereocenters. The molecule has 1 unspecified atom stereocenters. The van der Waals surface area contributed by atoms with Crippen molar-refractivity contribution in [3.05, 3.63) is 101 Å². The van der Waals surface area contributed by atoms with Crippen molar-refractivity contribution in [1.82, 2.24) is 10.3 Å². The quantitative estimate of drug-likeness (QED) is 0.463. The summed E-state index contributed by atoms with van der Waals surface area (Å²) in [6, 6.07) is 26.6. The summed E-state index contributed by atoms with van der Waals surface area (Å²) in [4.78, 5) is 18.3. The molecular formula is C27H24N2O. The van der Waals surface area contributed by atoms with Crippen LogP contribution in [0.2, 0.25) is 0 Å². The summed E-state index contributed by atoms with van der Waals surface area (Å²) in [5.41, 5.74) is 7.15. The van der Waals surface area contributed by atoms with Crippen LogP contribution in [0, 0.1) is 6.92 Å². The number of aryl methyl sites for hydroxylation is 2. The lowest BCUT2D eigenvalue weighted by Crippen LogP contribution is -2.31. The van der Waals surface area contributed by atoms with Crippen LogP contribution in [0.4, 0.5) is 0 Å². The lowest BCUT2D eigenvalue weighted by atomic mass is 9.87. The Labute approximate surface area is 176 Å². The van der Waals surface area contributed by atoms with Gasteiger partial charge < -0.3 is 5.32 Å². The number of amides is 1. The van der Waals surface area contributed by atoms with E-state index in [4.69, 9.17) is 4.98 Å². The van der Waals surface area contributed by atoms with Crippen molar-refractivity contribution in [2.45, 2.75) is 32.2 Å². The van der Waals surface area contributed by atoms with E-state index < -0.39 is 0 Å². The van der Waals surface area contributed by atoms with Crippen molar-refractivity contribution < 1.29 is 4.79 Å². The fraction of sp³-hybridized carbons (Fsp3) is 0.185. The summed E-state index contributed by atoms with van der Waals surface area (Å²) < 4.78 is 0. The first kappa shape index (κ1) is 18.6. The number of carbonyl (C=O) groups excluding carboxylic acids is 1. The third-order valence-corrected chi connectivity index (χ3v) is 5.98. The molecule has 1 aliphatic carbocycles. The van der Waals surface area contributed by atoms with Crippen molar-refractivity contribution >= 4 is 16.8 Å². The van der Waals surface area contributed by atoms with Gasteiger partial charge in [0.15, 0.2) is 0 Å². The molecule has 1 aromatic heterocycles. The zero-order valence-corrected chi connectivity index (χ0v) is 17.1. The Morgan fingerprint density at radius 1 is 0.967 bits per heavy atom. The van der Waals surface area contributed by atoms with Gasteiger partial charge in [-0.2, -0.15) is 0 Å². The molecule has 1 aliphatic rings. The Balaban J connectivity index is 1.55. The van der Waals surface area contributed by atoms with Crippen molar-refractivity contribution in [1.29, 1.82) is 0 Å². The minimum Gasteiger partial charge on any atom is -0.345 e. The fourth-order valence-corrected chi connectivity index (χ4v) is 4.38. The molecule has 148 valence electrons. The fourth-order valence-electron chi connectivity index (χ4n) is 4.38. The average molecular weight is 393 g/mol. The zero-order valence-electron chi connectivity index (χ0n) is 17.1. The molecule has 30 heavy (non-hydrogen) atoms. The van der Waals surface area contributed by atoms with Crippen LogP contribution in [0.25, 0.3) is 22.2 Å². The number of pyridine rings is 1. The molecule has 4 aromatic rings. The maximum atomic E-state index is 13.4. The molecule has 3 nitrogen and oxygen atoms in total. The molecule has 3 aromatic carbocycles. The molecule has 0 spiro atoms. The normalized spacial score (nSPS) is 15.6. The van der Waals surface area contributed by atoms with Crippen LogP contribution in [0.3, 0.4) is 0 Å². The van der Waals surface area contributed by atoms with Gasteiger partial charge in [0, 0.05) is 10.9 Å². The smallest absolute Gasteiger partial charge is 0.252 e. The van der Waals surface area contributed by atoms with Gasteiger partial charge in [0.25, 0.3) is 5.91 Å². The number of rotatable bonds is 3. The van der Waals surface area contributed by atoms with Crippen LogP contribution in [0.1, 0.15) is 45.9 Å². The molecule has 0 saturated carbocycles. The van der Waals surface area contributed by atoms with Crippen LogP contribution in [0.5, 0.6) is 0 Å². The monoisotopic (exact) mass is 392 g/mol. The van der Waals surface area contributed by atoms with E-state index >= 15 is 0 Å². The molecule has 5 rings (SSSR count). The van der Waals surface area contributed by atoms with Gasteiger partial charge in [-0.3, -0.25) is 4.79 Å². The maximum absolute atomic E-state index is 13.4. The summed E-state index contributed by atoms with van der Waals surface area (Å²) >= 11 is 0. The molecule has 0 saturated heterocycles. The third kappa shape index (κ3) is 3.48. The van der Waals surface area contributed by atoms with Crippen molar-refractivity contribution in [2.24, 2.45) is 0 Å². The number of benzene rings is 3. The van der Waals surface area contributed by atoms with Crippen LogP contribution in [-0.4, -0.2) is 10.9 Å². The summed E-state index contributed by atoms with van der Waals surface area (Å²) in [5.74, 6) is -0.0383. The van der Waals surface area contributed by atoms with Crippen LogP contribution in [-0.2, 0) is 6.42 Å². The lowest BCUT2D eigenvalue weighted by Gasteiger charge is -2.26. The number of carbonyl (C=O) groups is 1. The molecule has 1 heterocycles. The number of nitrogens with one attached hydrogen (secondary N) is 1. The van der Waals surface area contributed by atoms with E-state index in [1.165, 1.54) is 16.7 Å². The van der Waals surface area contributed by atoms with Crippen LogP contribution in [0.15, 0.2) is 78.9 Å². The van der Waals surface area contributed by atoms with E-state index in [-0.39, 0.29) is 11.9 Å². The Morgan fingerprint density at radius 3 is 2.60 bits per heavy atom. The number of aromatic nitrogens is 1. The van der Waals surface area contributed by atoms with Gasteiger partial charge in [-0.15, -0.1) is 0 Å². The number of nitrogens with zero attached hydrogens (tertiary/aromatic N) is 1. The predicted octanol–water partition coefficient (Wildman–Crippen LogP) is 6.02. The van der Waals surface area contributed by atoms with Crippen LogP contribution >= 0.6 is 0 Å². The van der Waals surface area contributed by atoms with Crippen LogP contribution < -0.4 is 5.32 Å². The van der Waals surface area contributed by atoms with Gasteiger partial charge in [-0.05, 0) is 49.4 Å². The van der Waals surface area contributed by atoms with Gasteiger partial charge in [0.1, 0.15) is 0 Å². The van der Waals surface area contributed by atoms with E-state index in [0.29, 0.717) is 5.56 Å². The van der Waals surface area contributed by atoms with Gasteiger partial charge in [-0.1, -0.05) is 72.3 Å². The molecular weight excluding hydrogens is 368 g/mol. The minimum atomic E-state index is -0.0383. The number of fused-ring (bicyclic) bond motifs is 2. The largest absolute Gasteiger partial charge is 0.345 e. The SMILES string of the molecule is Cc1ccc(-c2cc(C(=O)NC3CCCc4ccccc43)c3ccccc3n2)cc1. The topological polar surface area (TPSA) is 42.0 Å². The molecule has 1 N–H and O–H groups in total. The highest BCUT2D eigenvalue weighted by atomic mass is 16.1. The highest BCUT2D eigenvalue weighted by molar-refractivity contribution is 6.07. The lowest BCUT2D eigenvalue weighted by molar-refractivity contribution is 0.0934. The Bertz CT molecular complexity index is 1230. The van der Waals surface area contributed by atoms with E-state index in [2.05, 4.69) is 60.8 Å². The number of hydrogen-bond acceptors (Lipinski definition) is 2. The average Bonchev–Trinajstić information content (AvgIpc) is 2.79. The highest BCUT2D eigenvalue weighted by Crippen LogP contribution is 2.31. The maximum Gasteiger partial charge on any atom is 0.252 e.